The molecule has 0 aliphatic heterocycles. The predicted molar refractivity (Wildman–Crippen MR) is 99.6 cm³/mol. The van der Waals surface area contributed by atoms with E-state index in [0.29, 0.717) is 10.8 Å². The van der Waals surface area contributed by atoms with Gasteiger partial charge in [0.2, 0.25) is 0 Å². The second-order valence-electron chi connectivity index (χ2n) is 4.50. The van der Waals surface area contributed by atoms with E-state index in [1.54, 1.807) is 6.21 Å². The Kier molecular flexibility index (Phi) is 6.07. The van der Waals surface area contributed by atoms with Crippen LogP contribution in [0.15, 0.2) is 44.3 Å². The molecule has 0 saturated carbocycles. The van der Waals surface area contributed by atoms with E-state index in [-0.39, 0.29) is 6.61 Å². The highest BCUT2D eigenvalue weighted by Crippen LogP contribution is 2.34. The molecule has 2 nitrogen and oxygen atoms in total. The summed E-state index contributed by atoms with van der Waals surface area (Å²) in [5, 5.41) is 0.704. The van der Waals surface area contributed by atoms with Crippen molar-refractivity contribution in [1.29, 1.82) is 0 Å². The van der Waals surface area contributed by atoms with Crippen molar-refractivity contribution in [2.24, 2.45) is 4.99 Å². The molecule has 0 atom stereocenters. The van der Waals surface area contributed by atoms with Gasteiger partial charge < -0.3 is 4.74 Å². The molecule has 0 N–H and O–H groups in total. The molecule has 0 unspecified atom stereocenters. The number of terminal acetylenes is 1. The van der Waals surface area contributed by atoms with Gasteiger partial charge in [-0.2, -0.15) is 0 Å². The average molecular weight is 442 g/mol. The Labute approximate surface area is 151 Å². The summed E-state index contributed by atoms with van der Waals surface area (Å²) in [6.45, 7) is 2.17. The van der Waals surface area contributed by atoms with E-state index in [9.17, 15) is 0 Å². The fourth-order valence-electron chi connectivity index (χ4n) is 1.72. The number of nitrogens with zero attached hydrogens (tertiary/aromatic N) is 1. The van der Waals surface area contributed by atoms with Crippen LogP contribution in [0.1, 0.15) is 11.1 Å². The first kappa shape index (κ1) is 17.1. The normalized spacial score (nSPS) is 10.7. The summed E-state index contributed by atoms with van der Waals surface area (Å²) in [6, 6.07) is 9.53. The number of hydrogen-bond acceptors (Lipinski definition) is 2. The van der Waals surface area contributed by atoms with Crippen LogP contribution in [0.4, 0.5) is 5.69 Å². The number of ether oxygens (including phenoxy) is 1. The maximum atomic E-state index is 6.09. The lowest BCUT2D eigenvalue weighted by Gasteiger charge is -2.08. The molecular formula is C17H12Br2ClNO. The number of aliphatic imine (C=N–C) groups is 1. The van der Waals surface area contributed by atoms with Crippen LogP contribution in [0.3, 0.4) is 0 Å². The van der Waals surface area contributed by atoms with Crippen molar-refractivity contribution in [3.05, 3.63) is 55.4 Å². The van der Waals surface area contributed by atoms with Gasteiger partial charge in [-0.1, -0.05) is 23.6 Å². The van der Waals surface area contributed by atoms with Crippen molar-refractivity contribution in [2.45, 2.75) is 6.92 Å². The van der Waals surface area contributed by atoms with E-state index in [1.807, 2.05) is 37.3 Å². The van der Waals surface area contributed by atoms with Crippen molar-refractivity contribution in [2.75, 3.05) is 6.61 Å². The third kappa shape index (κ3) is 4.36. The SMILES string of the molecule is C#CCOc1c(Br)cc(C=Nc2ccc(C)c(Cl)c2)cc1Br. The van der Waals surface area contributed by atoms with Gasteiger partial charge in [0.25, 0.3) is 0 Å². The molecule has 0 radical (unpaired) electrons. The van der Waals surface area contributed by atoms with Gasteiger partial charge in [0.05, 0.1) is 14.6 Å². The average Bonchev–Trinajstić information content (AvgIpc) is 2.48. The lowest BCUT2D eigenvalue weighted by molar-refractivity contribution is 0.365. The first-order valence-corrected chi connectivity index (χ1v) is 8.33. The molecule has 0 saturated heterocycles. The van der Waals surface area contributed by atoms with Gasteiger partial charge in [0, 0.05) is 11.2 Å². The Morgan fingerprint density at radius 1 is 1.27 bits per heavy atom. The Hall–Kier alpha value is -1.28. The lowest BCUT2D eigenvalue weighted by Crippen LogP contribution is -1.96. The second kappa shape index (κ2) is 7.82. The van der Waals surface area contributed by atoms with E-state index in [0.717, 1.165) is 25.8 Å². The van der Waals surface area contributed by atoms with Crippen LogP contribution in [0, 0.1) is 19.3 Å². The largest absolute Gasteiger partial charge is 0.479 e. The number of hydrogen-bond donors (Lipinski definition) is 0. The summed E-state index contributed by atoms with van der Waals surface area (Å²) in [5.74, 6) is 3.11. The van der Waals surface area contributed by atoms with Crippen LogP contribution < -0.4 is 4.74 Å². The van der Waals surface area contributed by atoms with Crippen LogP contribution in [-0.4, -0.2) is 12.8 Å². The first-order valence-electron chi connectivity index (χ1n) is 6.37. The predicted octanol–water partition coefficient (Wildman–Crippen LogP) is 5.94. The minimum atomic E-state index is 0.215. The lowest BCUT2D eigenvalue weighted by atomic mass is 10.2. The molecule has 2 aromatic carbocycles. The smallest absolute Gasteiger partial charge is 0.149 e. The highest BCUT2D eigenvalue weighted by Gasteiger charge is 2.08. The third-order valence-corrected chi connectivity index (χ3v) is 4.42. The van der Waals surface area contributed by atoms with Gasteiger partial charge in [0.1, 0.15) is 12.4 Å². The van der Waals surface area contributed by atoms with Crippen molar-refractivity contribution >= 4 is 55.4 Å². The van der Waals surface area contributed by atoms with Crippen molar-refractivity contribution < 1.29 is 4.74 Å². The zero-order chi connectivity index (χ0) is 16.1. The second-order valence-corrected chi connectivity index (χ2v) is 6.61. The fourth-order valence-corrected chi connectivity index (χ4v) is 3.34. The Morgan fingerprint density at radius 2 is 1.95 bits per heavy atom. The molecule has 22 heavy (non-hydrogen) atoms. The van der Waals surface area contributed by atoms with Gasteiger partial charge in [-0.15, -0.1) is 6.42 Å². The molecule has 2 rings (SSSR count). The zero-order valence-electron chi connectivity index (χ0n) is 11.7. The summed E-state index contributed by atoms with van der Waals surface area (Å²) in [5.41, 5.74) is 2.75. The molecular weight excluding hydrogens is 429 g/mol. The summed E-state index contributed by atoms with van der Waals surface area (Å²) >= 11 is 13.0. The number of halogens is 3. The molecule has 0 aliphatic carbocycles. The van der Waals surface area contributed by atoms with E-state index >= 15 is 0 Å². The molecule has 5 heteroatoms. The summed E-state index contributed by atoms with van der Waals surface area (Å²) in [6.07, 6.45) is 6.97. The summed E-state index contributed by atoms with van der Waals surface area (Å²) in [4.78, 5) is 4.43. The minimum absolute atomic E-state index is 0.215. The Morgan fingerprint density at radius 3 is 2.55 bits per heavy atom. The molecule has 112 valence electrons. The minimum Gasteiger partial charge on any atom is -0.479 e. The molecule has 0 spiro atoms. The quantitative estimate of drug-likeness (QED) is 0.425. The van der Waals surface area contributed by atoms with Gasteiger partial charge >= 0.3 is 0 Å². The van der Waals surface area contributed by atoms with Crippen LogP contribution in [-0.2, 0) is 0 Å². The molecule has 0 heterocycles. The van der Waals surface area contributed by atoms with Crippen LogP contribution in [0.25, 0.3) is 0 Å². The highest BCUT2D eigenvalue weighted by atomic mass is 79.9. The summed E-state index contributed by atoms with van der Waals surface area (Å²) < 4.78 is 7.08. The van der Waals surface area contributed by atoms with Crippen molar-refractivity contribution in [3.63, 3.8) is 0 Å². The number of aryl methyl sites for hydroxylation is 1. The Bertz CT molecular complexity index is 743. The first-order chi connectivity index (χ1) is 10.5. The van der Waals surface area contributed by atoms with E-state index in [4.69, 9.17) is 22.8 Å². The van der Waals surface area contributed by atoms with Gasteiger partial charge in [-0.25, -0.2) is 0 Å². The van der Waals surface area contributed by atoms with Crippen LogP contribution in [0.5, 0.6) is 5.75 Å². The molecule has 0 aliphatic rings. The standard InChI is InChI=1S/C17H12Br2ClNO/c1-3-6-22-17-14(18)7-12(8-15(17)19)10-21-13-5-4-11(2)16(20)9-13/h1,4-5,7-10H,6H2,2H3. The van der Waals surface area contributed by atoms with E-state index in [1.165, 1.54) is 0 Å². The monoisotopic (exact) mass is 439 g/mol. The maximum absolute atomic E-state index is 6.09. The summed E-state index contributed by atoms with van der Waals surface area (Å²) in [7, 11) is 0. The topological polar surface area (TPSA) is 21.6 Å². The zero-order valence-corrected chi connectivity index (χ0v) is 15.7. The number of rotatable bonds is 4. The fraction of sp³-hybridized carbons (Fsp3) is 0.118. The van der Waals surface area contributed by atoms with Crippen molar-refractivity contribution in [1.82, 2.24) is 0 Å². The van der Waals surface area contributed by atoms with Gasteiger partial charge in [-0.05, 0) is 74.2 Å². The van der Waals surface area contributed by atoms with Gasteiger partial charge in [0.15, 0.2) is 0 Å². The van der Waals surface area contributed by atoms with E-state index < -0.39 is 0 Å². The van der Waals surface area contributed by atoms with Crippen LogP contribution >= 0.6 is 43.5 Å². The Balaban J connectivity index is 2.24. The number of benzene rings is 2. The molecule has 0 aromatic heterocycles. The van der Waals surface area contributed by atoms with E-state index in [2.05, 4.69) is 42.8 Å². The highest BCUT2D eigenvalue weighted by molar-refractivity contribution is 9.11. The maximum Gasteiger partial charge on any atom is 0.149 e. The molecule has 0 bridgehead atoms. The molecule has 0 fully saturated rings. The molecule has 0 amide bonds. The van der Waals surface area contributed by atoms with Crippen molar-refractivity contribution in [3.8, 4) is 18.1 Å². The third-order valence-electron chi connectivity index (χ3n) is 2.84. The van der Waals surface area contributed by atoms with Gasteiger partial charge in [-0.3, -0.25) is 4.99 Å². The molecule has 2 aromatic rings. The van der Waals surface area contributed by atoms with Crippen LogP contribution in [0.2, 0.25) is 5.02 Å².